The van der Waals surface area contributed by atoms with Gasteiger partial charge in [-0.1, -0.05) is 11.2 Å². The van der Waals surface area contributed by atoms with Gasteiger partial charge in [0.2, 0.25) is 0 Å². The maximum atomic E-state index is 12.5. The monoisotopic (exact) mass is 344 g/mol. The molecule has 0 radical (unpaired) electrons. The topological polar surface area (TPSA) is 79.2 Å². The molecule has 0 saturated heterocycles. The van der Waals surface area contributed by atoms with Crippen LogP contribution in [0, 0.1) is 0 Å². The van der Waals surface area contributed by atoms with Gasteiger partial charge in [-0.15, -0.1) is 0 Å². The van der Waals surface area contributed by atoms with Gasteiger partial charge in [0.25, 0.3) is 5.91 Å². The summed E-state index contributed by atoms with van der Waals surface area (Å²) in [6.45, 7) is 0.354. The zero-order valence-electron chi connectivity index (χ0n) is 13.1. The van der Waals surface area contributed by atoms with Crippen molar-refractivity contribution >= 4 is 34.6 Å². The summed E-state index contributed by atoms with van der Waals surface area (Å²) >= 11 is 1.60. The molecule has 1 aromatic heterocycles. The van der Waals surface area contributed by atoms with Gasteiger partial charge >= 0.3 is 5.97 Å². The van der Waals surface area contributed by atoms with Crippen LogP contribution in [0.25, 0.3) is 11.1 Å². The van der Waals surface area contributed by atoms with E-state index < -0.39 is 0 Å². The first-order chi connectivity index (χ1) is 11.7. The molecule has 124 valence electrons. The van der Waals surface area contributed by atoms with E-state index in [0.717, 1.165) is 11.1 Å². The Labute approximate surface area is 143 Å². The average molecular weight is 344 g/mol. The van der Waals surface area contributed by atoms with Crippen LogP contribution in [0.5, 0.6) is 0 Å². The predicted molar refractivity (Wildman–Crippen MR) is 91.7 cm³/mol. The molecule has 0 spiro atoms. The van der Waals surface area contributed by atoms with Crippen molar-refractivity contribution in [2.45, 2.75) is 12.8 Å². The minimum absolute atomic E-state index is 0.0277. The van der Waals surface area contributed by atoms with Crippen molar-refractivity contribution < 1.29 is 19.5 Å². The molecular formula is C17H16N2O4S. The number of benzene rings is 1. The van der Waals surface area contributed by atoms with Gasteiger partial charge in [-0.3, -0.25) is 9.59 Å². The van der Waals surface area contributed by atoms with Crippen LogP contribution in [0.3, 0.4) is 0 Å². The van der Waals surface area contributed by atoms with Crippen molar-refractivity contribution in [3.05, 3.63) is 40.6 Å². The maximum absolute atomic E-state index is 12.5. The van der Waals surface area contributed by atoms with Gasteiger partial charge in [0.05, 0.1) is 12.8 Å². The normalized spacial score (nSPS) is 15.0. The summed E-state index contributed by atoms with van der Waals surface area (Å²) in [5.41, 5.74) is 3.37. The minimum Gasteiger partial charge on any atom is -0.469 e. The molecule has 0 fully saturated rings. The molecule has 1 amide bonds. The quantitative estimate of drug-likeness (QED) is 0.514. The van der Waals surface area contributed by atoms with Gasteiger partial charge in [0, 0.05) is 18.5 Å². The minimum atomic E-state index is -0.361. The fourth-order valence-electron chi connectivity index (χ4n) is 2.72. The highest BCUT2D eigenvalue weighted by Gasteiger charge is 2.34. The van der Waals surface area contributed by atoms with E-state index >= 15 is 0 Å². The van der Waals surface area contributed by atoms with Crippen molar-refractivity contribution in [2.24, 2.45) is 5.16 Å². The summed E-state index contributed by atoms with van der Waals surface area (Å²) in [6, 6.07) is 7.60. The van der Waals surface area contributed by atoms with Gasteiger partial charge in [0.1, 0.15) is 0 Å². The average Bonchev–Trinajstić information content (AvgIpc) is 3.21. The van der Waals surface area contributed by atoms with Crippen LogP contribution in [-0.4, -0.2) is 36.4 Å². The molecule has 24 heavy (non-hydrogen) atoms. The highest BCUT2D eigenvalue weighted by molar-refractivity contribution is 7.08. The van der Waals surface area contributed by atoms with Crippen LogP contribution in [0.4, 0.5) is 5.69 Å². The standard InChI is InChI=1S/C17H16N2O4S/c1-23-15(20)3-2-7-19-14-9-11(12-6-8-24-10-12)4-5-13(14)16(18-22)17(19)21/h4-6,8-10,22H,2-3,7H2,1H3/b18-16+. The number of fused-ring (bicyclic) bond motifs is 1. The molecule has 7 heteroatoms. The summed E-state index contributed by atoms with van der Waals surface area (Å²) < 4.78 is 4.62. The number of hydrogen-bond acceptors (Lipinski definition) is 6. The van der Waals surface area contributed by atoms with Crippen molar-refractivity contribution in [1.82, 2.24) is 0 Å². The molecule has 1 aromatic carbocycles. The Morgan fingerprint density at radius 1 is 1.33 bits per heavy atom. The van der Waals surface area contributed by atoms with E-state index in [0.29, 0.717) is 24.2 Å². The Balaban J connectivity index is 1.90. The number of ether oxygens (including phenoxy) is 1. The SMILES string of the molecule is COC(=O)CCCN1C(=O)/C(=N/O)c2ccc(-c3ccsc3)cc21. The fraction of sp³-hybridized carbons (Fsp3) is 0.235. The highest BCUT2D eigenvalue weighted by atomic mass is 32.1. The Morgan fingerprint density at radius 3 is 2.83 bits per heavy atom. The molecule has 2 heterocycles. The Hall–Kier alpha value is -2.67. The molecule has 2 aromatic rings. The van der Waals surface area contributed by atoms with Crippen LogP contribution in [0.2, 0.25) is 0 Å². The number of carbonyl (C=O) groups excluding carboxylic acids is 2. The molecular weight excluding hydrogens is 328 g/mol. The Morgan fingerprint density at radius 2 is 2.17 bits per heavy atom. The molecule has 1 aliphatic rings. The predicted octanol–water partition coefficient (Wildman–Crippen LogP) is 2.89. The zero-order valence-corrected chi connectivity index (χ0v) is 13.9. The third-order valence-electron chi connectivity index (χ3n) is 3.94. The lowest BCUT2D eigenvalue weighted by molar-refractivity contribution is -0.140. The Kier molecular flexibility index (Phi) is 4.61. The lowest BCUT2D eigenvalue weighted by atomic mass is 10.0. The third-order valence-corrected chi connectivity index (χ3v) is 4.62. The second-order valence-corrected chi connectivity index (χ2v) is 6.11. The summed E-state index contributed by atoms with van der Waals surface area (Å²) in [5, 5.41) is 16.3. The van der Waals surface area contributed by atoms with Crippen LogP contribution in [0.1, 0.15) is 18.4 Å². The molecule has 0 saturated carbocycles. The molecule has 0 aliphatic carbocycles. The first-order valence-electron chi connectivity index (χ1n) is 7.43. The van der Waals surface area contributed by atoms with E-state index in [1.807, 2.05) is 29.0 Å². The van der Waals surface area contributed by atoms with Crippen LogP contribution in [0.15, 0.2) is 40.2 Å². The van der Waals surface area contributed by atoms with E-state index in [-0.39, 0.29) is 24.0 Å². The van der Waals surface area contributed by atoms with Crippen LogP contribution < -0.4 is 4.90 Å². The summed E-state index contributed by atoms with van der Waals surface area (Å²) in [4.78, 5) is 25.3. The molecule has 1 aliphatic heterocycles. The zero-order chi connectivity index (χ0) is 17.1. The van der Waals surface area contributed by atoms with Crippen LogP contribution >= 0.6 is 11.3 Å². The molecule has 0 atom stereocenters. The molecule has 1 N–H and O–H groups in total. The second-order valence-electron chi connectivity index (χ2n) is 5.33. The molecule has 0 bridgehead atoms. The number of hydrogen-bond donors (Lipinski definition) is 1. The number of rotatable bonds is 5. The second kappa shape index (κ2) is 6.84. The van der Waals surface area contributed by atoms with Crippen molar-refractivity contribution in [2.75, 3.05) is 18.6 Å². The van der Waals surface area contributed by atoms with E-state index in [1.54, 1.807) is 22.3 Å². The van der Waals surface area contributed by atoms with Crippen molar-refractivity contribution in [1.29, 1.82) is 0 Å². The first-order valence-corrected chi connectivity index (χ1v) is 8.37. The number of amides is 1. The number of thiophene rings is 1. The van der Waals surface area contributed by atoms with E-state index in [9.17, 15) is 14.8 Å². The molecule has 0 unspecified atom stereocenters. The lowest BCUT2D eigenvalue weighted by Crippen LogP contribution is -2.31. The van der Waals surface area contributed by atoms with Gasteiger partial charge in [-0.2, -0.15) is 11.3 Å². The third kappa shape index (κ3) is 2.90. The summed E-state index contributed by atoms with van der Waals surface area (Å²) in [7, 11) is 1.34. The summed E-state index contributed by atoms with van der Waals surface area (Å²) in [5.74, 6) is -0.676. The van der Waals surface area contributed by atoms with Gasteiger partial charge in [0.15, 0.2) is 5.71 Å². The van der Waals surface area contributed by atoms with Gasteiger partial charge in [-0.25, -0.2) is 0 Å². The maximum Gasteiger partial charge on any atom is 0.305 e. The highest BCUT2D eigenvalue weighted by Crippen LogP contribution is 2.34. The van der Waals surface area contributed by atoms with Crippen molar-refractivity contribution in [3.8, 4) is 11.1 Å². The molecule has 3 rings (SSSR count). The summed E-state index contributed by atoms with van der Waals surface area (Å²) in [6.07, 6.45) is 0.699. The first kappa shape index (κ1) is 16.2. The fourth-order valence-corrected chi connectivity index (χ4v) is 3.38. The number of nitrogens with zero attached hydrogens (tertiary/aromatic N) is 2. The smallest absolute Gasteiger partial charge is 0.305 e. The lowest BCUT2D eigenvalue weighted by Gasteiger charge is -2.17. The number of oxime groups is 1. The molecule has 6 nitrogen and oxygen atoms in total. The Bertz CT molecular complexity index is 799. The van der Waals surface area contributed by atoms with Crippen molar-refractivity contribution in [3.63, 3.8) is 0 Å². The van der Waals surface area contributed by atoms with Gasteiger partial charge < -0.3 is 14.8 Å². The number of anilines is 1. The van der Waals surface area contributed by atoms with E-state index in [1.165, 1.54) is 7.11 Å². The van der Waals surface area contributed by atoms with E-state index in [2.05, 4.69) is 9.89 Å². The number of methoxy groups -OCH3 is 1. The largest absolute Gasteiger partial charge is 0.469 e. The van der Waals surface area contributed by atoms with E-state index in [4.69, 9.17) is 0 Å². The number of carbonyl (C=O) groups is 2. The van der Waals surface area contributed by atoms with Crippen LogP contribution in [-0.2, 0) is 14.3 Å². The number of esters is 1. The van der Waals surface area contributed by atoms with Gasteiger partial charge in [-0.05, 0) is 46.5 Å².